The summed E-state index contributed by atoms with van der Waals surface area (Å²) in [6, 6.07) is 12.4. The number of rotatable bonds is 14. The number of nitrogens with zero attached hydrogens (tertiary/aromatic N) is 1. The molecule has 0 bridgehead atoms. The van der Waals surface area contributed by atoms with E-state index in [4.69, 9.17) is 32.7 Å². The van der Waals surface area contributed by atoms with E-state index in [1.807, 2.05) is 18.2 Å². The Bertz CT molecular complexity index is 1240. The van der Waals surface area contributed by atoms with Crippen LogP contribution in [-0.2, 0) is 36.9 Å². The van der Waals surface area contributed by atoms with Gasteiger partial charge in [-0.25, -0.2) is 9.59 Å². The van der Waals surface area contributed by atoms with Gasteiger partial charge in [-0.1, -0.05) is 85.6 Å². The standard InChI is InChI=1S/C32H41Cl2N3O6/c1-37(18-17-24-12-6-7-14-26(24)34)29(38)16-15-27(31(40)42-2)35-30(39)28(20-22-9-4-3-5-10-22)36-32(41)43-21-23-11-8-13-25(33)19-23/h6-8,11-14,19,22,27-28H,3-5,9-10,15-18,20-21H2,1-2H3,(H,35,39)(H,36,41)/t27-,28-/m0/s1. The number of ether oxygens (including phenoxy) is 2. The third-order valence-corrected chi connectivity index (χ3v) is 8.31. The van der Waals surface area contributed by atoms with Gasteiger partial charge in [-0.15, -0.1) is 0 Å². The van der Waals surface area contributed by atoms with Gasteiger partial charge in [0.1, 0.15) is 18.7 Å². The Balaban J connectivity index is 1.59. The third-order valence-electron chi connectivity index (χ3n) is 7.71. The highest BCUT2D eigenvalue weighted by Gasteiger charge is 2.31. The monoisotopic (exact) mass is 633 g/mol. The molecule has 11 heteroatoms. The summed E-state index contributed by atoms with van der Waals surface area (Å²) < 4.78 is 10.3. The van der Waals surface area contributed by atoms with Crippen molar-refractivity contribution in [2.75, 3.05) is 20.7 Å². The Kier molecular flexibility index (Phi) is 14.1. The van der Waals surface area contributed by atoms with Gasteiger partial charge in [0, 0.05) is 30.1 Å². The molecule has 1 saturated carbocycles. The van der Waals surface area contributed by atoms with Crippen LogP contribution in [0.1, 0.15) is 62.5 Å². The first-order valence-corrected chi connectivity index (χ1v) is 15.4. The van der Waals surface area contributed by atoms with Crippen molar-refractivity contribution in [2.45, 2.75) is 76.5 Å². The summed E-state index contributed by atoms with van der Waals surface area (Å²) >= 11 is 12.2. The average Bonchev–Trinajstić information content (AvgIpc) is 3.01. The smallest absolute Gasteiger partial charge is 0.408 e. The van der Waals surface area contributed by atoms with E-state index < -0.39 is 30.1 Å². The summed E-state index contributed by atoms with van der Waals surface area (Å²) in [5.41, 5.74) is 1.65. The Morgan fingerprint density at radius 1 is 0.977 bits per heavy atom. The maximum Gasteiger partial charge on any atom is 0.408 e. The van der Waals surface area contributed by atoms with E-state index in [0.717, 1.165) is 37.7 Å². The number of amides is 3. The van der Waals surface area contributed by atoms with Crippen LogP contribution in [0.15, 0.2) is 48.5 Å². The molecule has 0 aliphatic heterocycles. The lowest BCUT2D eigenvalue weighted by Gasteiger charge is -2.27. The van der Waals surface area contributed by atoms with Gasteiger partial charge < -0.3 is 25.0 Å². The first-order valence-electron chi connectivity index (χ1n) is 14.7. The van der Waals surface area contributed by atoms with E-state index in [2.05, 4.69) is 10.6 Å². The van der Waals surface area contributed by atoms with Gasteiger partial charge in [-0.05, 0) is 54.5 Å². The molecule has 2 atom stereocenters. The van der Waals surface area contributed by atoms with Crippen LogP contribution in [0, 0.1) is 5.92 Å². The molecule has 43 heavy (non-hydrogen) atoms. The molecule has 1 fully saturated rings. The maximum atomic E-state index is 13.5. The van der Waals surface area contributed by atoms with Gasteiger partial charge >= 0.3 is 12.1 Å². The molecule has 3 amide bonds. The number of likely N-dealkylation sites (N-methyl/N-ethyl adjacent to an activating group) is 1. The lowest BCUT2D eigenvalue weighted by atomic mass is 9.84. The van der Waals surface area contributed by atoms with Gasteiger partial charge in [0.15, 0.2) is 0 Å². The van der Waals surface area contributed by atoms with Crippen molar-refractivity contribution in [3.63, 3.8) is 0 Å². The molecular weight excluding hydrogens is 593 g/mol. The van der Waals surface area contributed by atoms with Crippen LogP contribution in [-0.4, -0.2) is 61.6 Å². The van der Waals surface area contributed by atoms with Crippen molar-refractivity contribution in [1.29, 1.82) is 0 Å². The molecule has 0 unspecified atom stereocenters. The molecule has 0 saturated heterocycles. The van der Waals surface area contributed by atoms with Crippen molar-refractivity contribution in [1.82, 2.24) is 15.5 Å². The average molecular weight is 635 g/mol. The SMILES string of the molecule is COC(=O)[C@H](CCC(=O)N(C)CCc1ccccc1Cl)NC(=O)[C@H](CC1CCCCC1)NC(=O)OCc1cccc(Cl)c1. The molecule has 3 rings (SSSR count). The van der Waals surface area contributed by atoms with E-state index in [1.54, 1.807) is 42.3 Å². The molecule has 0 heterocycles. The highest BCUT2D eigenvalue weighted by Crippen LogP contribution is 2.27. The number of carbonyl (C=O) groups is 4. The quantitative estimate of drug-likeness (QED) is 0.258. The van der Waals surface area contributed by atoms with Gasteiger partial charge in [0.25, 0.3) is 0 Å². The van der Waals surface area contributed by atoms with Gasteiger partial charge in [0.05, 0.1) is 7.11 Å². The lowest BCUT2D eigenvalue weighted by molar-refractivity contribution is -0.145. The second-order valence-electron chi connectivity index (χ2n) is 10.9. The number of methoxy groups -OCH3 is 1. The van der Waals surface area contributed by atoms with Crippen LogP contribution < -0.4 is 10.6 Å². The highest BCUT2D eigenvalue weighted by atomic mass is 35.5. The van der Waals surface area contributed by atoms with E-state index in [-0.39, 0.29) is 31.3 Å². The fraction of sp³-hybridized carbons (Fsp3) is 0.500. The molecule has 1 aliphatic carbocycles. The molecule has 1 aliphatic rings. The van der Waals surface area contributed by atoms with Crippen LogP contribution in [0.2, 0.25) is 10.0 Å². The lowest BCUT2D eigenvalue weighted by Crippen LogP contribution is -2.52. The van der Waals surface area contributed by atoms with Crippen LogP contribution in [0.25, 0.3) is 0 Å². The highest BCUT2D eigenvalue weighted by molar-refractivity contribution is 6.31. The normalized spacial score (nSPS) is 14.7. The molecule has 0 radical (unpaired) electrons. The zero-order valence-corrected chi connectivity index (χ0v) is 26.3. The van der Waals surface area contributed by atoms with E-state index in [9.17, 15) is 19.2 Å². The number of alkyl carbamates (subject to hydrolysis) is 1. The van der Waals surface area contributed by atoms with Crippen LogP contribution in [0.4, 0.5) is 4.79 Å². The number of carbonyl (C=O) groups excluding carboxylic acids is 4. The number of hydrogen-bond acceptors (Lipinski definition) is 6. The van der Waals surface area contributed by atoms with E-state index in [1.165, 1.54) is 7.11 Å². The minimum atomic E-state index is -1.06. The molecule has 0 aromatic heterocycles. The second kappa shape index (κ2) is 17.7. The Hall–Kier alpha value is -3.30. The van der Waals surface area contributed by atoms with Crippen LogP contribution in [0.5, 0.6) is 0 Å². The Labute approximate surface area is 263 Å². The predicted molar refractivity (Wildman–Crippen MR) is 166 cm³/mol. The molecule has 2 aromatic carbocycles. The molecule has 234 valence electrons. The first-order chi connectivity index (χ1) is 20.7. The molecule has 9 nitrogen and oxygen atoms in total. The third kappa shape index (κ3) is 11.7. The zero-order chi connectivity index (χ0) is 31.2. The van der Waals surface area contributed by atoms with Crippen molar-refractivity contribution in [3.05, 3.63) is 69.7 Å². The summed E-state index contributed by atoms with van der Waals surface area (Å²) in [6.45, 7) is 0.434. The fourth-order valence-electron chi connectivity index (χ4n) is 5.18. The van der Waals surface area contributed by atoms with Crippen LogP contribution in [0.3, 0.4) is 0 Å². The largest absolute Gasteiger partial charge is 0.467 e. The predicted octanol–water partition coefficient (Wildman–Crippen LogP) is 5.70. The van der Waals surface area contributed by atoms with Gasteiger partial charge in [-0.2, -0.15) is 0 Å². The second-order valence-corrected chi connectivity index (χ2v) is 11.8. The molecule has 2 aromatic rings. The summed E-state index contributed by atoms with van der Waals surface area (Å²) in [5.74, 6) is -1.13. The Morgan fingerprint density at radius 3 is 2.42 bits per heavy atom. The maximum absolute atomic E-state index is 13.5. The van der Waals surface area contributed by atoms with Crippen molar-refractivity contribution in [3.8, 4) is 0 Å². The number of benzene rings is 2. The number of esters is 1. The van der Waals surface area contributed by atoms with Crippen molar-refractivity contribution in [2.24, 2.45) is 5.92 Å². The van der Waals surface area contributed by atoms with E-state index >= 15 is 0 Å². The summed E-state index contributed by atoms with van der Waals surface area (Å²) in [7, 11) is 2.91. The molecule has 0 spiro atoms. The molecular formula is C32H41Cl2N3O6. The first kappa shape index (κ1) is 34.2. The topological polar surface area (TPSA) is 114 Å². The van der Waals surface area contributed by atoms with Crippen molar-refractivity contribution < 1.29 is 28.7 Å². The minimum absolute atomic E-state index is 0.0128. The molecule has 2 N–H and O–H groups in total. The number of halogens is 2. The minimum Gasteiger partial charge on any atom is -0.467 e. The summed E-state index contributed by atoms with van der Waals surface area (Å²) in [5, 5.41) is 6.56. The van der Waals surface area contributed by atoms with Crippen molar-refractivity contribution >= 4 is 47.1 Å². The Morgan fingerprint density at radius 2 is 1.72 bits per heavy atom. The fourth-order valence-corrected chi connectivity index (χ4v) is 5.63. The summed E-state index contributed by atoms with van der Waals surface area (Å²) in [6.07, 6.45) is 5.50. The van der Waals surface area contributed by atoms with Gasteiger partial charge in [-0.3, -0.25) is 9.59 Å². The number of hydrogen-bond donors (Lipinski definition) is 2. The number of nitrogens with one attached hydrogen (secondary N) is 2. The van der Waals surface area contributed by atoms with E-state index in [0.29, 0.717) is 35.0 Å². The zero-order valence-electron chi connectivity index (χ0n) is 24.8. The van der Waals surface area contributed by atoms with Gasteiger partial charge in [0.2, 0.25) is 11.8 Å². The summed E-state index contributed by atoms with van der Waals surface area (Å²) in [4.78, 5) is 53.2. The van der Waals surface area contributed by atoms with Crippen LogP contribution >= 0.6 is 23.2 Å².